The number of hydrogen-bond acceptors (Lipinski definition) is 10. The Kier molecular flexibility index (Phi) is 8.01. The average Bonchev–Trinajstić information content (AvgIpc) is 3.51. The van der Waals surface area contributed by atoms with Gasteiger partial charge >= 0.3 is 0 Å². The van der Waals surface area contributed by atoms with Gasteiger partial charge in [0, 0.05) is 25.1 Å². The minimum absolute atomic E-state index is 0.0158. The molecule has 0 spiro atoms. The lowest BCUT2D eigenvalue weighted by Gasteiger charge is -2.30. The second-order valence-corrected chi connectivity index (χ2v) is 12.9. The summed E-state index contributed by atoms with van der Waals surface area (Å²) in [6.45, 7) is 0.848. The van der Waals surface area contributed by atoms with Crippen LogP contribution in [0.25, 0.3) is 0 Å². The van der Waals surface area contributed by atoms with Crippen molar-refractivity contribution in [3.05, 3.63) is 41.2 Å². The molecule has 2 aromatic rings. The molecule has 2 saturated heterocycles. The summed E-state index contributed by atoms with van der Waals surface area (Å²) in [4.78, 5) is 22.0. The highest BCUT2D eigenvalue weighted by molar-refractivity contribution is 7.90. The maximum Gasteiger partial charge on any atom is 0.280 e. The summed E-state index contributed by atoms with van der Waals surface area (Å²) in [6, 6.07) is 5.45. The number of aromatic nitrogens is 1. The molecule has 36 heavy (non-hydrogen) atoms. The van der Waals surface area contributed by atoms with E-state index in [1.54, 1.807) is 0 Å². The van der Waals surface area contributed by atoms with Crippen molar-refractivity contribution in [1.82, 2.24) is 9.29 Å². The first-order chi connectivity index (χ1) is 17.0. The zero-order valence-electron chi connectivity index (χ0n) is 18.9. The minimum Gasteiger partial charge on any atom is -0.389 e. The number of primary sulfonamides is 1. The number of sulfonamides is 2. The number of amides is 1. The molecular formula is C20H24FN5O7S3. The van der Waals surface area contributed by atoms with Crippen molar-refractivity contribution >= 4 is 48.1 Å². The van der Waals surface area contributed by atoms with E-state index in [4.69, 9.17) is 14.7 Å². The lowest BCUT2D eigenvalue weighted by molar-refractivity contribution is -0.110. The molecule has 0 bridgehead atoms. The van der Waals surface area contributed by atoms with Crippen molar-refractivity contribution in [3.8, 4) is 0 Å². The Hall–Kier alpha value is -2.50. The molecule has 0 saturated carbocycles. The predicted molar refractivity (Wildman–Crippen MR) is 129 cm³/mol. The van der Waals surface area contributed by atoms with Gasteiger partial charge in [0.1, 0.15) is 0 Å². The van der Waals surface area contributed by atoms with Gasteiger partial charge in [0.25, 0.3) is 5.91 Å². The van der Waals surface area contributed by atoms with Crippen molar-refractivity contribution in [2.75, 3.05) is 31.6 Å². The van der Waals surface area contributed by atoms with Crippen molar-refractivity contribution < 1.29 is 35.6 Å². The van der Waals surface area contributed by atoms with Gasteiger partial charge in [0.2, 0.25) is 20.0 Å². The zero-order chi connectivity index (χ0) is 25.9. The van der Waals surface area contributed by atoms with Crippen LogP contribution in [0.3, 0.4) is 0 Å². The fourth-order valence-corrected chi connectivity index (χ4v) is 6.63. The highest BCUT2D eigenvalue weighted by Crippen LogP contribution is 2.24. The number of piperidine rings is 1. The van der Waals surface area contributed by atoms with E-state index in [2.05, 4.69) is 15.5 Å². The number of carbonyl (C=O) groups excluding carboxylic acids is 1. The van der Waals surface area contributed by atoms with Crippen LogP contribution in [-0.2, 0) is 34.4 Å². The van der Waals surface area contributed by atoms with Gasteiger partial charge in [-0.1, -0.05) is 28.6 Å². The van der Waals surface area contributed by atoms with Crippen LogP contribution in [0.4, 0.5) is 9.52 Å². The zero-order valence-corrected chi connectivity index (χ0v) is 21.3. The molecule has 2 aliphatic rings. The van der Waals surface area contributed by atoms with Gasteiger partial charge < -0.3 is 9.57 Å². The molecule has 2 fully saturated rings. The summed E-state index contributed by atoms with van der Waals surface area (Å²) in [6.07, 6.45) is 1.42. The van der Waals surface area contributed by atoms with E-state index in [1.165, 1.54) is 28.6 Å². The van der Waals surface area contributed by atoms with E-state index in [1.807, 2.05) is 0 Å². The van der Waals surface area contributed by atoms with Gasteiger partial charge in [-0.25, -0.2) is 27.0 Å². The Bertz CT molecular complexity index is 1330. The number of hydrogen-bond donors (Lipinski definition) is 2. The number of anilines is 1. The van der Waals surface area contributed by atoms with Gasteiger partial charge in [0.05, 0.1) is 29.6 Å². The number of benzene rings is 1. The minimum atomic E-state index is -3.91. The molecule has 0 unspecified atom stereocenters. The van der Waals surface area contributed by atoms with Crippen LogP contribution in [0.2, 0.25) is 0 Å². The molecule has 1 aromatic carbocycles. The van der Waals surface area contributed by atoms with Gasteiger partial charge in [-0.2, -0.15) is 8.70 Å². The molecule has 0 aliphatic carbocycles. The van der Waals surface area contributed by atoms with Crippen LogP contribution in [0.15, 0.2) is 40.5 Å². The molecule has 3 N–H and O–H groups in total. The van der Waals surface area contributed by atoms with Crippen molar-refractivity contribution in [3.63, 3.8) is 0 Å². The van der Waals surface area contributed by atoms with Crippen molar-refractivity contribution in [1.29, 1.82) is 0 Å². The van der Waals surface area contributed by atoms with Crippen LogP contribution < -0.4 is 10.5 Å². The molecule has 4 rings (SSSR count). The summed E-state index contributed by atoms with van der Waals surface area (Å²) in [7, 11) is -7.64. The van der Waals surface area contributed by atoms with Gasteiger partial charge in [-0.3, -0.25) is 10.1 Å². The van der Waals surface area contributed by atoms with Crippen LogP contribution in [0.5, 0.6) is 0 Å². The number of carbonyl (C=O) groups is 1. The Morgan fingerprint density at radius 3 is 2.44 bits per heavy atom. The topological polar surface area (TPSA) is 170 Å². The van der Waals surface area contributed by atoms with Gasteiger partial charge in [0.15, 0.2) is 22.1 Å². The fraction of sp³-hybridized carbons (Fsp3) is 0.450. The highest BCUT2D eigenvalue weighted by atomic mass is 32.2. The van der Waals surface area contributed by atoms with E-state index < -0.39 is 36.3 Å². The van der Waals surface area contributed by atoms with E-state index in [0.29, 0.717) is 31.0 Å². The Labute approximate surface area is 211 Å². The van der Waals surface area contributed by atoms with Gasteiger partial charge in [-0.15, -0.1) is 0 Å². The van der Waals surface area contributed by atoms with Crippen LogP contribution in [0, 0.1) is 5.13 Å². The summed E-state index contributed by atoms with van der Waals surface area (Å²) in [5.41, 5.74) is 0.103. The SMILES string of the molecule is NS(=O)(=O)C1CCN(S(=O)(=O)c2ccc(/C(=N\O[C@@H]3CCOC3)C(=O)Nc3ncc(F)s3)cc2)CC1. The van der Waals surface area contributed by atoms with Crippen LogP contribution >= 0.6 is 11.3 Å². The second-order valence-electron chi connectivity index (χ2n) is 8.17. The third-order valence-electron chi connectivity index (χ3n) is 5.73. The average molecular weight is 562 g/mol. The number of rotatable bonds is 8. The Morgan fingerprint density at radius 1 is 1.19 bits per heavy atom. The first-order valence-corrected chi connectivity index (χ1v) is 14.8. The van der Waals surface area contributed by atoms with Crippen molar-refractivity contribution in [2.45, 2.75) is 35.5 Å². The molecule has 3 heterocycles. The van der Waals surface area contributed by atoms with E-state index in [9.17, 15) is 26.0 Å². The lowest BCUT2D eigenvalue weighted by Crippen LogP contribution is -2.44. The molecular weight excluding hydrogens is 537 g/mol. The maximum atomic E-state index is 13.3. The monoisotopic (exact) mass is 561 g/mol. The first-order valence-electron chi connectivity index (χ1n) is 10.9. The molecule has 0 radical (unpaired) electrons. The normalized spacial score (nSPS) is 20.4. The molecule has 1 amide bonds. The number of ether oxygens (including phenoxy) is 1. The number of thiazole rings is 1. The smallest absolute Gasteiger partial charge is 0.280 e. The van der Waals surface area contributed by atoms with Crippen molar-refractivity contribution in [2.24, 2.45) is 10.3 Å². The Morgan fingerprint density at radius 2 is 1.89 bits per heavy atom. The molecule has 12 nitrogen and oxygen atoms in total. The summed E-state index contributed by atoms with van der Waals surface area (Å²) < 4.78 is 68.9. The summed E-state index contributed by atoms with van der Waals surface area (Å²) in [5, 5.41) is 10.3. The summed E-state index contributed by atoms with van der Waals surface area (Å²) in [5.74, 6) is -0.719. The fourth-order valence-electron chi connectivity index (χ4n) is 3.75. The van der Waals surface area contributed by atoms with E-state index in [-0.39, 0.29) is 53.3 Å². The molecule has 16 heteroatoms. The standard InChI is InChI=1S/C20H24FN5O7S3/c21-17-11-23-20(34-17)24-19(27)18(25-33-14-7-10-32-12-14)13-1-3-16(4-2-13)36(30,31)26-8-5-15(6-9-26)35(22,28)29/h1-4,11,14-15H,5-10,12H2,(H2,22,28,29)(H,23,24,27)/b25-18+/t14-/m1/s1. The quantitative estimate of drug-likeness (QED) is 0.353. The first kappa shape index (κ1) is 26.6. The highest BCUT2D eigenvalue weighted by Gasteiger charge is 2.33. The maximum absolute atomic E-state index is 13.3. The lowest BCUT2D eigenvalue weighted by atomic mass is 10.1. The third kappa shape index (κ3) is 6.24. The van der Waals surface area contributed by atoms with Gasteiger partial charge in [-0.05, 0) is 25.0 Å². The van der Waals surface area contributed by atoms with Crippen LogP contribution in [-0.4, -0.2) is 75.4 Å². The Balaban J connectivity index is 1.53. The van der Waals surface area contributed by atoms with E-state index in [0.717, 1.165) is 6.20 Å². The third-order valence-corrected chi connectivity index (χ3v) is 9.74. The number of nitrogens with zero attached hydrogens (tertiary/aromatic N) is 3. The number of oxime groups is 1. The molecule has 1 atom stereocenters. The predicted octanol–water partition coefficient (Wildman–Crippen LogP) is 0.872. The van der Waals surface area contributed by atoms with Crippen LogP contribution in [0.1, 0.15) is 24.8 Å². The number of halogens is 1. The number of nitrogens with two attached hydrogens (primary N) is 1. The summed E-state index contributed by atoms with van der Waals surface area (Å²) >= 11 is 0.639. The molecule has 196 valence electrons. The molecule has 1 aromatic heterocycles. The molecule has 2 aliphatic heterocycles. The van der Waals surface area contributed by atoms with E-state index >= 15 is 0 Å². The second kappa shape index (κ2) is 10.9. The largest absolute Gasteiger partial charge is 0.389 e. The number of nitrogens with one attached hydrogen (secondary N) is 1.